The maximum absolute atomic E-state index is 12.3. The summed E-state index contributed by atoms with van der Waals surface area (Å²) in [6.45, 7) is 0. The van der Waals surface area contributed by atoms with Crippen molar-refractivity contribution in [1.29, 1.82) is 10.5 Å². The smallest absolute Gasteiger partial charge is 0.373 e. The molecular formula is C11H5F3N2O3S. The second kappa shape index (κ2) is 5.63. The summed E-state index contributed by atoms with van der Waals surface area (Å²) in [5.41, 5.74) is -6.69. The van der Waals surface area contributed by atoms with Crippen LogP contribution >= 0.6 is 0 Å². The van der Waals surface area contributed by atoms with E-state index in [1.165, 1.54) is 42.5 Å². The predicted molar refractivity (Wildman–Crippen MR) is 60.6 cm³/mol. The molecule has 0 heterocycles. The van der Waals surface area contributed by atoms with Gasteiger partial charge in [-0.15, -0.1) is 0 Å². The molecule has 0 amide bonds. The van der Waals surface area contributed by atoms with E-state index in [1.807, 2.05) is 0 Å². The summed E-state index contributed by atoms with van der Waals surface area (Å²) in [6.07, 6.45) is 0. The van der Waals surface area contributed by atoms with Gasteiger partial charge in [0.05, 0.1) is 0 Å². The molecule has 0 radical (unpaired) electrons. The van der Waals surface area contributed by atoms with Crippen molar-refractivity contribution in [2.75, 3.05) is 0 Å². The van der Waals surface area contributed by atoms with Crippen LogP contribution in [-0.4, -0.2) is 13.9 Å². The number of nitrogens with zero attached hydrogens (tertiary/aromatic N) is 2. The van der Waals surface area contributed by atoms with Crippen molar-refractivity contribution in [2.45, 2.75) is 5.51 Å². The van der Waals surface area contributed by atoms with E-state index in [9.17, 15) is 21.6 Å². The zero-order valence-electron chi connectivity index (χ0n) is 9.55. The second-order valence-electron chi connectivity index (χ2n) is 3.28. The summed E-state index contributed by atoms with van der Waals surface area (Å²) in [5.74, 6) is -0.965. The van der Waals surface area contributed by atoms with Gasteiger partial charge >= 0.3 is 15.6 Å². The van der Waals surface area contributed by atoms with Crippen LogP contribution in [0.5, 0.6) is 0 Å². The first-order chi connectivity index (χ1) is 9.23. The van der Waals surface area contributed by atoms with Crippen molar-refractivity contribution >= 4 is 15.9 Å². The number of halogens is 3. The molecule has 5 nitrogen and oxygen atoms in total. The molecule has 0 bridgehead atoms. The van der Waals surface area contributed by atoms with Gasteiger partial charge in [-0.1, -0.05) is 30.3 Å². The Bertz CT molecular complexity index is 694. The van der Waals surface area contributed by atoms with E-state index >= 15 is 0 Å². The number of allylic oxidation sites excluding steroid dienone is 1. The molecule has 1 rings (SSSR count). The van der Waals surface area contributed by atoms with Gasteiger partial charge in [-0.05, 0) is 0 Å². The number of hydrogen-bond donors (Lipinski definition) is 0. The molecule has 0 aliphatic rings. The standard InChI is InChI=1S/C11H5F3N2O3S/c12-11(13,14)20(17,18)19-10(9(6-15)7-16)8-4-2-1-3-5-8/h1-5H. The lowest BCUT2D eigenvalue weighted by Gasteiger charge is -2.12. The highest BCUT2D eigenvalue weighted by Crippen LogP contribution is 2.31. The van der Waals surface area contributed by atoms with Gasteiger partial charge in [-0.2, -0.15) is 32.1 Å². The van der Waals surface area contributed by atoms with E-state index in [1.54, 1.807) is 0 Å². The predicted octanol–water partition coefficient (Wildman–Crippen LogP) is 2.31. The van der Waals surface area contributed by atoms with Crippen molar-refractivity contribution < 1.29 is 25.8 Å². The molecule has 1 aromatic rings. The molecule has 104 valence electrons. The Balaban J connectivity index is 3.43. The average Bonchev–Trinajstić information content (AvgIpc) is 2.38. The van der Waals surface area contributed by atoms with E-state index in [4.69, 9.17) is 10.5 Å². The SMILES string of the molecule is N#CC(C#N)=C(OS(=O)(=O)C(F)(F)F)c1ccccc1. The van der Waals surface area contributed by atoms with Crippen LogP contribution in [0.3, 0.4) is 0 Å². The largest absolute Gasteiger partial charge is 0.534 e. The number of benzene rings is 1. The van der Waals surface area contributed by atoms with Crippen molar-refractivity contribution in [3.8, 4) is 12.1 Å². The third-order valence-electron chi connectivity index (χ3n) is 1.96. The zero-order chi connectivity index (χ0) is 15.4. The zero-order valence-corrected chi connectivity index (χ0v) is 10.4. The van der Waals surface area contributed by atoms with Crippen LogP contribution in [-0.2, 0) is 14.3 Å². The maximum atomic E-state index is 12.3. The van der Waals surface area contributed by atoms with Gasteiger partial charge in [0.1, 0.15) is 12.1 Å². The molecule has 0 saturated carbocycles. The van der Waals surface area contributed by atoms with E-state index in [-0.39, 0.29) is 5.56 Å². The minimum absolute atomic E-state index is 0.140. The first kappa shape index (κ1) is 15.5. The molecule has 0 unspecified atom stereocenters. The first-order valence-electron chi connectivity index (χ1n) is 4.83. The Labute approximate surface area is 112 Å². The lowest BCUT2D eigenvalue weighted by atomic mass is 10.1. The van der Waals surface area contributed by atoms with Crippen LogP contribution < -0.4 is 0 Å². The molecule has 0 saturated heterocycles. The summed E-state index contributed by atoms with van der Waals surface area (Å²) >= 11 is 0. The molecule has 0 N–H and O–H groups in total. The highest BCUT2D eigenvalue weighted by molar-refractivity contribution is 7.87. The average molecular weight is 302 g/mol. The molecule has 9 heteroatoms. The topological polar surface area (TPSA) is 90.9 Å². The van der Waals surface area contributed by atoms with E-state index in [0.29, 0.717) is 0 Å². The Morgan fingerprint density at radius 1 is 1.10 bits per heavy atom. The third-order valence-corrected chi connectivity index (χ3v) is 2.92. The summed E-state index contributed by atoms with van der Waals surface area (Å²) in [5, 5.41) is 17.3. The van der Waals surface area contributed by atoms with Crippen LogP contribution in [0.1, 0.15) is 5.56 Å². The van der Waals surface area contributed by atoms with Gasteiger partial charge in [-0.3, -0.25) is 0 Å². The quantitative estimate of drug-likeness (QED) is 0.370. The highest BCUT2D eigenvalue weighted by atomic mass is 32.2. The number of nitriles is 2. The molecule has 0 aliphatic heterocycles. The van der Waals surface area contributed by atoms with Crippen molar-refractivity contribution in [1.82, 2.24) is 0 Å². The van der Waals surface area contributed by atoms with E-state index < -0.39 is 27.0 Å². The van der Waals surface area contributed by atoms with E-state index in [2.05, 4.69) is 4.18 Å². The van der Waals surface area contributed by atoms with Gasteiger partial charge in [0.15, 0.2) is 11.3 Å². The Kier molecular flexibility index (Phi) is 4.38. The molecule has 0 atom stereocenters. The fraction of sp³-hybridized carbons (Fsp3) is 0.0909. The molecular weight excluding hydrogens is 297 g/mol. The number of hydrogen-bond acceptors (Lipinski definition) is 5. The minimum atomic E-state index is -5.97. The molecule has 0 spiro atoms. The van der Waals surface area contributed by atoms with Crippen LogP contribution in [0, 0.1) is 22.7 Å². The highest BCUT2D eigenvalue weighted by Gasteiger charge is 2.49. The van der Waals surface area contributed by atoms with Crippen LogP contribution in [0.15, 0.2) is 35.9 Å². The monoisotopic (exact) mass is 302 g/mol. The Morgan fingerprint density at radius 3 is 2.00 bits per heavy atom. The summed E-state index contributed by atoms with van der Waals surface area (Å²) in [6, 6.07) is 9.25. The minimum Gasteiger partial charge on any atom is -0.373 e. The Hall–Kier alpha value is -2.52. The molecule has 0 fully saturated rings. The van der Waals surface area contributed by atoms with Gasteiger partial charge in [0, 0.05) is 5.56 Å². The third kappa shape index (κ3) is 3.28. The Morgan fingerprint density at radius 2 is 1.60 bits per heavy atom. The molecule has 1 aromatic carbocycles. The van der Waals surface area contributed by atoms with Gasteiger partial charge in [-0.25, -0.2) is 0 Å². The maximum Gasteiger partial charge on any atom is 0.534 e. The summed E-state index contributed by atoms with van der Waals surface area (Å²) < 4.78 is 62.7. The molecule has 0 aromatic heterocycles. The number of rotatable bonds is 3. The van der Waals surface area contributed by atoms with Crippen molar-refractivity contribution in [3.63, 3.8) is 0 Å². The second-order valence-corrected chi connectivity index (χ2v) is 4.81. The summed E-state index contributed by atoms with van der Waals surface area (Å²) in [4.78, 5) is 0. The van der Waals surface area contributed by atoms with Crippen molar-refractivity contribution in [3.05, 3.63) is 41.5 Å². The molecule has 20 heavy (non-hydrogen) atoms. The van der Waals surface area contributed by atoms with Gasteiger partial charge in [0.25, 0.3) is 0 Å². The molecule has 0 aliphatic carbocycles. The fourth-order valence-corrected chi connectivity index (χ4v) is 1.60. The lowest BCUT2D eigenvalue weighted by Crippen LogP contribution is -2.25. The first-order valence-corrected chi connectivity index (χ1v) is 6.24. The van der Waals surface area contributed by atoms with E-state index in [0.717, 1.165) is 0 Å². The van der Waals surface area contributed by atoms with Crippen molar-refractivity contribution in [2.24, 2.45) is 0 Å². The van der Waals surface area contributed by atoms with Crippen LogP contribution in [0.4, 0.5) is 13.2 Å². The van der Waals surface area contributed by atoms with Crippen LogP contribution in [0.2, 0.25) is 0 Å². The normalized spacial score (nSPS) is 11.1. The van der Waals surface area contributed by atoms with Gasteiger partial charge in [0.2, 0.25) is 0 Å². The fourth-order valence-electron chi connectivity index (χ4n) is 1.11. The lowest BCUT2D eigenvalue weighted by molar-refractivity contribution is -0.0509. The van der Waals surface area contributed by atoms with Gasteiger partial charge < -0.3 is 4.18 Å². The number of alkyl halides is 3. The summed E-state index contributed by atoms with van der Waals surface area (Å²) in [7, 11) is -5.97. The van der Waals surface area contributed by atoms with Crippen LogP contribution in [0.25, 0.3) is 5.76 Å².